The molecule has 3 heteroatoms. The first kappa shape index (κ1) is 11.4. The number of fused-ring (bicyclic) bond motifs is 1. The molecule has 0 aromatic heterocycles. The lowest BCUT2D eigenvalue weighted by molar-refractivity contribution is 0.212. The normalized spacial score (nSPS) is 18.4. The van der Waals surface area contributed by atoms with Crippen molar-refractivity contribution in [1.29, 1.82) is 0 Å². The van der Waals surface area contributed by atoms with Gasteiger partial charge in [-0.25, -0.2) is 0 Å². The Bertz CT molecular complexity index is 340. The molecule has 0 radical (unpaired) electrons. The molecule has 1 atom stereocenters. The number of hydrogen-bond acceptors (Lipinski definition) is 3. The van der Waals surface area contributed by atoms with Crippen molar-refractivity contribution < 1.29 is 4.74 Å². The molecule has 1 heterocycles. The van der Waals surface area contributed by atoms with Crippen molar-refractivity contribution in [3.8, 4) is 5.75 Å². The maximum absolute atomic E-state index is 5.73. The summed E-state index contributed by atoms with van der Waals surface area (Å²) in [5.41, 5.74) is 1.29. The van der Waals surface area contributed by atoms with Gasteiger partial charge in [-0.05, 0) is 20.0 Å². The van der Waals surface area contributed by atoms with E-state index in [1.54, 1.807) is 0 Å². The van der Waals surface area contributed by atoms with Gasteiger partial charge in [0, 0.05) is 31.2 Å². The first-order valence-corrected chi connectivity index (χ1v) is 5.90. The van der Waals surface area contributed by atoms with Crippen molar-refractivity contribution >= 4 is 0 Å². The summed E-state index contributed by atoms with van der Waals surface area (Å²) in [7, 11) is 2.01. The first-order valence-electron chi connectivity index (χ1n) is 5.90. The van der Waals surface area contributed by atoms with Gasteiger partial charge < -0.3 is 10.1 Å². The second-order valence-electron chi connectivity index (χ2n) is 4.38. The summed E-state index contributed by atoms with van der Waals surface area (Å²) >= 11 is 0. The lowest BCUT2D eigenvalue weighted by Gasteiger charge is -2.23. The monoisotopic (exact) mass is 220 g/mol. The van der Waals surface area contributed by atoms with Gasteiger partial charge in [0.05, 0.1) is 0 Å². The molecule has 0 bridgehead atoms. The molecule has 3 nitrogen and oxygen atoms in total. The average Bonchev–Trinajstić information content (AvgIpc) is 2.50. The van der Waals surface area contributed by atoms with E-state index in [0.29, 0.717) is 6.04 Å². The van der Waals surface area contributed by atoms with Crippen LogP contribution in [0.4, 0.5) is 0 Å². The molecule has 1 aromatic carbocycles. The molecule has 0 amide bonds. The zero-order chi connectivity index (χ0) is 11.4. The van der Waals surface area contributed by atoms with E-state index in [2.05, 4.69) is 35.3 Å². The molecule has 1 aliphatic rings. The van der Waals surface area contributed by atoms with E-state index in [1.807, 2.05) is 13.1 Å². The van der Waals surface area contributed by atoms with Crippen molar-refractivity contribution in [2.24, 2.45) is 0 Å². The second-order valence-corrected chi connectivity index (χ2v) is 4.38. The van der Waals surface area contributed by atoms with Crippen LogP contribution in [0.2, 0.25) is 0 Å². The van der Waals surface area contributed by atoms with E-state index in [1.165, 1.54) is 5.56 Å². The summed E-state index contributed by atoms with van der Waals surface area (Å²) in [5.74, 6) is 1.04. The molecule has 1 N–H and O–H groups in total. The van der Waals surface area contributed by atoms with Crippen molar-refractivity contribution in [3.63, 3.8) is 0 Å². The topological polar surface area (TPSA) is 24.5 Å². The predicted molar refractivity (Wildman–Crippen MR) is 65.7 cm³/mol. The van der Waals surface area contributed by atoms with Crippen LogP contribution in [0.1, 0.15) is 12.5 Å². The van der Waals surface area contributed by atoms with E-state index < -0.39 is 0 Å². The Balaban J connectivity index is 2.05. The van der Waals surface area contributed by atoms with Crippen LogP contribution in [0, 0.1) is 0 Å². The van der Waals surface area contributed by atoms with Crippen LogP contribution < -0.4 is 10.1 Å². The number of ether oxygens (including phenoxy) is 1. The second kappa shape index (κ2) is 5.32. The Morgan fingerprint density at radius 2 is 2.25 bits per heavy atom. The highest BCUT2D eigenvalue weighted by atomic mass is 16.5. The van der Waals surface area contributed by atoms with Gasteiger partial charge in [-0.3, -0.25) is 4.90 Å². The fraction of sp³-hybridized carbons (Fsp3) is 0.538. The van der Waals surface area contributed by atoms with E-state index in [-0.39, 0.29) is 0 Å². The molecule has 1 aliphatic heterocycles. The largest absolute Gasteiger partial charge is 0.492 e. The van der Waals surface area contributed by atoms with Crippen molar-refractivity contribution in [2.45, 2.75) is 19.5 Å². The Kier molecular flexibility index (Phi) is 3.80. The van der Waals surface area contributed by atoms with Crippen LogP contribution >= 0.6 is 0 Å². The van der Waals surface area contributed by atoms with Crippen LogP contribution in [-0.4, -0.2) is 37.7 Å². The van der Waals surface area contributed by atoms with Gasteiger partial charge in [0.1, 0.15) is 12.4 Å². The number of nitrogens with one attached hydrogen (secondary N) is 1. The van der Waals surface area contributed by atoms with Gasteiger partial charge in [0.25, 0.3) is 0 Å². The molecule has 0 saturated carbocycles. The van der Waals surface area contributed by atoms with E-state index in [0.717, 1.165) is 32.0 Å². The number of rotatable bonds is 3. The third-order valence-corrected chi connectivity index (χ3v) is 3.06. The highest BCUT2D eigenvalue weighted by molar-refractivity contribution is 5.33. The first-order chi connectivity index (χ1) is 7.79. The van der Waals surface area contributed by atoms with Crippen LogP contribution in [0.25, 0.3) is 0 Å². The van der Waals surface area contributed by atoms with Gasteiger partial charge in [-0.1, -0.05) is 18.2 Å². The Labute approximate surface area is 97.4 Å². The minimum Gasteiger partial charge on any atom is -0.492 e. The van der Waals surface area contributed by atoms with Crippen LogP contribution in [0.5, 0.6) is 5.75 Å². The summed E-state index contributed by atoms with van der Waals surface area (Å²) in [6.07, 6.45) is 0. The van der Waals surface area contributed by atoms with E-state index >= 15 is 0 Å². The van der Waals surface area contributed by atoms with E-state index in [9.17, 15) is 0 Å². The third-order valence-electron chi connectivity index (χ3n) is 3.06. The van der Waals surface area contributed by atoms with Gasteiger partial charge >= 0.3 is 0 Å². The summed E-state index contributed by atoms with van der Waals surface area (Å²) in [5, 5.41) is 3.27. The fourth-order valence-electron chi connectivity index (χ4n) is 2.01. The highest BCUT2D eigenvalue weighted by Crippen LogP contribution is 2.22. The smallest absolute Gasteiger partial charge is 0.123 e. The lowest BCUT2D eigenvalue weighted by Crippen LogP contribution is -2.38. The molecule has 0 fully saturated rings. The number of hydrogen-bond donors (Lipinski definition) is 1. The summed E-state index contributed by atoms with van der Waals surface area (Å²) in [6.45, 7) is 6.04. The quantitative estimate of drug-likeness (QED) is 0.835. The molecule has 2 rings (SSSR count). The number of para-hydroxylation sites is 1. The number of likely N-dealkylation sites (N-methyl/N-ethyl adjacent to an activating group) is 1. The summed E-state index contributed by atoms with van der Waals surface area (Å²) < 4.78 is 5.73. The molecular formula is C13H20N2O. The molecule has 1 aromatic rings. The van der Waals surface area contributed by atoms with Crippen LogP contribution in [0.3, 0.4) is 0 Å². The van der Waals surface area contributed by atoms with Gasteiger partial charge in [-0.15, -0.1) is 0 Å². The number of nitrogens with zero attached hydrogens (tertiary/aromatic N) is 1. The Hall–Kier alpha value is -1.06. The predicted octanol–water partition coefficient (Wildman–Crippen LogP) is 1.49. The van der Waals surface area contributed by atoms with Crippen molar-refractivity contribution in [2.75, 3.05) is 26.7 Å². The van der Waals surface area contributed by atoms with Gasteiger partial charge in [0.2, 0.25) is 0 Å². The van der Waals surface area contributed by atoms with Crippen molar-refractivity contribution in [3.05, 3.63) is 29.8 Å². The average molecular weight is 220 g/mol. The SMILES string of the molecule is CNC(C)CN1CCOc2ccccc2C1. The molecule has 16 heavy (non-hydrogen) atoms. The molecule has 0 spiro atoms. The molecule has 88 valence electrons. The third kappa shape index (κ3) is 2.74. The maximum Gasteiger partial charge on any atom is 0.123 e. The standard InChI is InChI=1S/C13H20N2O/c1-11(14-2)9-15-7-8-16-13-6-4-3-5-12(13)10-15/h3-6,11,14H,7-10H2,1-2H3. The van der Waals surface area contributed by atoms with Crippen LogP contribution in [0.15, 0.2) is 24.3 Å². The summed E-state index contributed by atoms with van der Waals surface area (Å²) in [4.78, 5) is 2.44. The zero-order valence-electron chi connectivity index (χ0n) is 10.1. The van der Waals surface area contributed by atoms with Crippen LogP contribution in [-0.2, 0) is 6.54 Å². The Morgan fingerprint density at radius 3 is 3.06 bits per heavy atom. The van der Waals surface area contributed by atoms with Crippen molar-refractivity contribution in [1.82, 2.24) is 10.2 Å². The molecular weight excluding hydrogens is 200 g/mol. The maximum atomic E-state index is 5.73. The minimum atomic E-state index is 0.519. The lowest BCUT2D eigenvalue weighted by atomic mass is 10.2. The minimum absolute atomic E-state index is 0.519. The number of benzene rings is 1. The van der Waals surface area contributed by atoms with E-state index in [4.69, 9.17) is 4.74 Å². The summed E-state index contributed by atoms with van der Waals surface area (Å²) in [6, 6.07) is 8.83. The molecule has 0 saturated heterocycles. The van der Waals surface area contributed by atoms with Gasteiger partial charge in [-0.2, -0.15) is 0 Å². The molecule has 0 aliphatic carbocycles. The van der Waals surface area contributed by atoms with Gasteiger partial charge in [0.15, 0.2) is 0 Å². The molecule has 1 unspecified atom stereocenters. The fourth-order valence-corrected chi connectivity index (χ4v) is 2.01. The highest BCUT2D eigenvalue weighted by Gasteiger charge is 2.15. The zero-order valence-corrected chi connectivity index (χ0v) is 10.1. The Morgan fingerprint density at radius 1 is 1.44 bits per heavy atom.